The van der Waals surface area contributed by atoms with Crippen LogP contribution in [0, 0.1) is 17.0 Å². The number of aryl methyl sites for hydroxylation is 1. The normalized spacial score (nSPS) is 15.3. The molecule has 0 aromatic heterocycles. The van der Waals surface area contributed by atoms with Crippen LogP contribution < -0.4 is 9.75 Å². The van der Waals surface area contributed by atoms with Crippen LogP contribution in [-0.4, -0.2) is 23.7 Å². The number of halogens is 1. The van der Waals surface area contributed by atoms with Crippen LogP contribution in [0.2, 0.25) is 5.02 Å². The summed E-state index contributed by atoms with van der Waals surface area (Å²) in [5.74, 6) is -0.174. The minimum Gasteiger partial charge on any atom is -0.490 e. The van der Waals surface area contributed by atoms with E-state index in [0.29, 0.717) is 27.6 Å². The van der Waals surface area contributed by atoms with Crippen molar-refractivity contribution in [2.75, 3.05) is 12.1 Å². The van der Waals surface area contributed by atoms with E-state index in [0.717, 1.165) is 5.56 Å². The first kappa shape index (κ1) is 18.6. The molecule has 8 heteroatoms. The minimum absolute atomic E-state index is 0.154. The van der Waals surface area contributed by atoms with Crippen LogP contribution in [0.25, 0.3) is 6.08 Å². The van der Waals surface area contributed by atoms with Crippen molar-refractivity contribution < 1.29 is 14.5 Å². The lowest BCUT2D eigenvalue weighted by Crippen LogP contribution is -2.21. The van der Waals surface area contributed by atoms with Gasteiger partial charge in [-0.25, -0.2) is 0 Å². The van der Waals surface area contributed by atoms with Crippen LogP contribution in [0.5, 0.6) is 5.75 Å². The summed E-state index contributed by atoms with van der Waals surface area (Å²) in [5.41, 5.74) is 2.65. The largest absolute Gasteiger partial charge is 0.490 e. The summed E-state index contributed by atoms with van der Waals surface area (Å²) in [6, 6.07) is 9.74. The lowest BCUT2D eigenvalue weighted by atomic mass is 10.1. The number of hydrogen-bond donors (Lipinski definition) is 0. The van der Waals surface area contributed by atoms with Gasteiger partial charge in [-0.3, -0.25) is 14.9 Å². The van der Waals surface area contributed by atoms with E-state index in [2.05, 4.69) is 5.10 Å². The molecule has 0 saturated carbocycles. The second-order valence-electron chi connectivity index (χ2n) is 5.98. The van der Waals surface area contributed by atoms with Gasteiger partial charge in [0.2, 0.25) is 0 Å². The van der Waals surface area contributed by atoms with Crippen molar-refractivity contribution in [3.8, 4) is 5.75 Å². The van der Waals surface area contributed by atoms with Gasteiger partial charge in [0.25, 0.3) is 5.91 Å². The molecule has 138 valence electrons. The first-order chi connectivity index (χ1) is 12.8. The Hall–Kier alpha value is -3.19. The maximum absolute atomic E-state index is 12.8. The van der Waals surface area contributed by atoms with Gasteiger partial charge in [-0.1, -0.05) is 23.7 Å². The number of nitro benzene ring substituents is 1. The Kier molecular flexibility index (Phi) is 4.96. The fraction of sp³-hybridized carbons (Fsp3) is 0.158. The van der Waals surface area contributed by atoms with Crippen molar-refractivity contribution in [1.82, 2.24) is 0 Å². The Morgan fingerprint density at radius 2 is 1.96 bits per heavy atom. The molecule has 27 heavy (non-hydrogen) atoms. The van der Waals surface area contributed by atoms with Gasteiger partial charge >= 0.3 is 5.69 Å². The Bertz CT molecular complexity index is 1010. The number of methoxy groups -OCH3 is 1. The molecule has 2 aromatic rings. The number of anilines is 1. The van der Waals surface area contributed by atoms with Crippen molar-refractivity contribution in [3.05, 3.63) is 68.2 Å². The monoisotopic (exact) mass is 385 g/mol. The molecule has 2 aromatic carbocycles. The van der Waals surface area contributed by atoms with Crippen molar-refractivity contribution in [1.29, 1.82) is 0 Å². The van der Waals surface area contributed by atoms with Gasteiger partial charge in [-0.2, -0.15) is 10.1 Å². The standard InChI is InChI=1S/C19H16ClN3O4/c1-11-4-6-14(10-16(11)20)22-19(24)15(12(2)21-22)8-13-5-7-18(27-3)17(9-13)23(25)26/h4-10H,1-3H3. The van der Waals surface area contributed by atoms with Crippen LogP contribution in [0.3, 0.4) is 0 Å². The van der Waals surface area contributed by atoms with Crippen LogP contribution in [0.1, 0.15) is 18.1 Å². The number of rotatable bonds is 4. The van der Waals surface area contributed by atoms with Gasteiger partial charge in [0.1, 0.15) is 0 Å². The average molecular weight is 386 g/mol. The summed E-state index contributed by atoms with van der Waals surface area (Å²) < 4.78 is 5.00. The van der Waals surface area contributed by atoms with Crippen molar-refractivity contribution in [3.63, 3.8) is 0 Å². The SMILES string of the molecule is COc1ccc(C=C2C(=O)N(c3ccc(C)c(Cl)c3)N=C2C)cc1[N+](=O)[O-]. The molecule has 0 saturated heterocycles. The second-order valence-corrected chi connectivity index (χ2v) is 6.39. The second kappa shape index (κ2) is 7.20. The van der Waals surface area contributed by atoms with Crippen molar-refractivity contribution in [2.24, 2.45) is 5.10 Å². The number of hydrogen-bond acceptors (Lipinski definition) is 5. The molecule has 0 bridgehead atoms. The molecule has 1 amide bonds. The van der Waals surface area contributed by atoms with Gasteiger partial charge in [-0.05, 0) is 49.2 Å². The number of hydrazone groups is 1. The molecule has 0 radical (unpaired) electrons. The molecule has 0 atom stereocenters. The molecule has 0 spiro atoms. The highest BCUT2D eigenvalue weighted by Crippen LogP contribution is 2.31. The topological polar surface area (TPSA) is 85.0 Å². The van der Waals surface area contributed by atoms with E-state index in [4.69, 9.17) is 16.3 Å². The van der Waals surface area contributed by atoms with Crippen LogP contribution in [-0.2, 0) is 4.79 Å². The third-order valence-corrected chi connectivity index (χ3v) is 4.58. The molecule has 0 fully saturated rings. The van der Waals surface area contributed by atoms with Gasteiger partial charge in [0, 0.05) is 11.1 Å². The Labute approximate surface area is 160 Å². The van der Waals surface area contributed by atoms with E-state index < -0.39 is 4.92 Å². The number of nitrogens with zero attached hydrogens (tertiary/aromatic N) is 3. The quantitative estimate of drug-likeness (QED) is 0.444. The summed E-state index contributed by atoms with van der Waals surface area (Å²) in [7, 11) is 1.36. The molecule has 0 unspecified atom stereocenters. The van der Waals surface area contributed by atoms with Crippen LogP contribution >= 0.6 is 11.6 Å². The average Bonchev–Trinajstić information content (AvgIpc) is 2.92. The zero-order chi connectivity index (χ0) is 19.7. The third kappa shape index (κ3) is 3.54. The Morgan fingerprint density at radius 3 is 2.59 bits per heavy atom. The van der Waals surface area contributed by atoms with Gasteiger partial charge in [0.05, 0.1) is 29.0 Å². The summed E-state index contributed by atoms with van der Waals surface area (Å²) in [5, 5.41) is 17.3. The molecule has 0 aliphatic carbocycles. The first-order valence-corrected chi connectivity index (χ1v) is 8.40. The maximum atomic E-state index is 12.8. The number of carbonyl (C=O) groups excluding carboxylic acids is 1. The third-order valence-electron chi connectivity index (χ3n) is 4.17. The fourth-order valence-electron chi connectivity index (χ4n) is 2.68. The lowest BCUT2D eigenvalue weighted by molar-refractivity contribution is -0.385. The number of benzene rings is 2. The molecular formula is C19H16ClN3O4. The highest BCUT2D eigenvalue weighted by atomic mass is 35.5. The van der Waals surface area contributed by atoms with Crippen LogP contribution in [0.4, 0.5) is 11.4 Å². The summed E-state index contributed by atoms with van der Waals surface area (Å²) >= 11 is 6.14. The molecule has 1 heterocycles. The van der Waals surface area contributed by atoms with Gasteiger partial charge < -0.3 is 4.74 Å². The van der Waals surface area contributed by atoms with E-state index in [1.165, 1.54) is 24.3 Å². The molecule has 3 rings (SSSR count). The van der Waals surface area contributed by atoms with E-state index >= 15 is 0 Å². The number of nitro groups is 1. The highest BCUT2D eigenvalue weighted by Gasteiger charge is 2.29. The molecule has 0 N–H and O–H groups in total. The van der Waals surface area contributed by atoms with Crippen molar-refractivity contribution in [2.45, 2.75) is 13.8 Å². The summed E-state index contributed by atoms with van der Waals surface area (Å²) in [6.07, 6.45) is 1.57. The summed E-state index contributed by atoms with van der Waals surface area (Å²) in [6.45, 7) is 3.58. The number of amides is 1. The fourth-order valence-corrected chi connectivity index (χ4v) is 2.85. The minimum atomic E-state index is -0.529. The Balaban J connectivity index is 1.97. The maximum Gasteiger partial charge on any atom is 0.311 e. The Morgan fingerprint density at radius 1 is 1.22 bits per heavy atom. The lowest BCUT2D eigenvalue weighted by Gasteiger charge is -2.12. The van der Waals surface area contributed by atoms with Crippen molar-refractivity contribution >= 4 is 40.7 Å². The highest BCUT2D eigenvalue weighted by molar-refractivity contribution is 6.33. The summed E-state index contributed by atoms with van der Waals surface area (Å²) in [4.78, 5) is 23.5. The molecular weight excluding hydrogens is 370 g/mol. The molecule has 1 aliphatic heterocycles. The number of ether oxygens (including phenoxy) is 1. The predicted molar refractivity (Wildman–Crippen MR) is 104 cm³/mol. The van der Waals surface area contributed by atoms with E-state index in [-0.39, 0.29) is 17.3 Å². The predicted octanol–water partition coefficient (Wildman–Crippen LogP) is 4.37. The van der Waals surface area contributed by atoms with Crippen LogP contribution in [0.15, 0.2) is 47.1 Å². The van der Waals surface area contributed by atoms with E-state index in [1.807, 2.05) is 13.0 Å². The smallest absolute Gasteiger partial charge is 0.311 e. The van der Waals surface area contributed by atoms with Gasteiger partial charge in [0.15, 0.2) is 5.75 Å². The van der Waals surface area contributed by atoms with E-state index in [9.17, 15) is 14.9 Å². The zero-order valence-electron chi connectivity index (χ0n) is 14.9. The first-order valence-electron chi connectivity index (χ1n) is 8.02. The number of carbonyl (C=O) groups is 1. The van der Waals surface area contributed by atoms with Gasteiger partial charge in [-0.15, -0.1) is 0 Å². The molecule has 1 aliphatic rings. The zero-order valence-corrected chi connectivity index (χ0v) is 15.6. The van der Waals surface area contributed by atoms with E-state index in [1.54, 1.807) is 31.2 Å². The molecule has 7 nitrogen and oxygen atoms in total.